The minimum atomic E-state index is -0.949. The van der Waals surface area contributed by atoms with E-state index in [2.05, 4.69) is 15.0 Å². The topological polar surface area (TPSA) is 100 Å². The number of likely N-dealkylation sites (tertiary alicyclic amines) is 1. The Morgan fingerprint density at radius 3 is 2.63 bits per heavy atom. The van der Waals surface area contributed by atoms with E-state index >= 15 is 4.39 Å². The molecule has 4 aromatic rings. The van der Waals surface area contributed by atoms with Crippen LogP contribution in [0, 0.1) is 12.7 Å². The average Bonchev–Trinajstić information content (AvgIpc) is 3.25. The molecule has 0 bridgehead atoms. The van der Waals surface area contributed by atoms with Crippen molar-refractivity contribution in [1.82, 2.24) is 19.9 Å². The summed E-state index contributed by atoms with van der Waals surface area (Å²) in [6.45, 7) is 2.32. The van der Waals surface area contributed by atoms with Gasteiger partial charge in [0.1, 0.15) is 12.0 Å². The molecule has 1 amide bonds. The molecule has 1 saturated heterocycles. The molecule has 0 spiro atoms. The molecule has 1 aliphatic heterocycles. The number of nitrogens with one attached hydrogen (secondary N) is 2. The van der Waals surface area contributed by atoms with Crippen molar-refractivity contribution < 1.29 is 23.0 Å². The maximum absolute atomic E-state index is 15.8. The van der Waals surface area contributed by atoms with Crippen molar-refractivity contribution >= 4 is 27.7 Å². The normalized spacial score (nSPS) is 14.6. The number of pyridine rings is 2. The molecule has 0 atom stereocenters. The third-order valence-electron chi connectivity index (χ3n) is 6.43. The van der Waals surface area contributed by atoms with E-state index in [1.165, 1.54) is 25.3 Å². The molecule has 4 heterocycles. The second-order valence-corrected chi connectivity index (χ2v) is 8.59. The quantitative estimate of drug-likeness (QED) is 0.456. The summed E-state index contributed by atoms with van der Waals surface area (Å²) < 4.78 is 40.4. The lowest BCUT2D eigenvalue weighted by molar-refractivity contribution is 0.0668. The minimum Gasteiger partial charge on any atom is -0.491 e. The largest absolute Gasteiger partial charge is 0.491 e. The zero-order valence-electron chi connectivity index (χ0n) is 19.5. The highest BCUT2D eigenvalue weighted by molar-refractivity contribution is 6.10. The summed E-state index contributed by atoms with van der Waals surface area (Å²) in [6.07, 6.45) is 0.816. The van der Waals surface area contributed by atoms with Crippen LogP contribution < -0.4 is 15.0 Å². The molecule has 0 saturated carbocycles. The fourth-order valence-corrected chi connectivity index (χ4v) is 4.71. The van der Waals surface area contributed by atoms with Gasteiger partial charge in [-0.05, 0) is 38.0 Å². The molecule has 1 aromatic carbocycles. The molecule has 35 heavy (non-hydrogen) atoms. The van der Waals surface area contributed by atoms with E-state index in [1.807, 2.05) is 6.92 Å². The predicted molar refractivity (Wildman–Crippen MR) is 127 cm³/mol. The number of halogens is 2. The maximum atomic E-state index is 15.8. The van der Waals surface area contributed by atoms with Crippen LogP contribution in [0.2, 0.25) is 0 Å². The molecular weight excluding hydrogens is 458 g/mol. The van der Waals surface area contributed by atoms with Crippen LogP contribution in [0.25, 0.3) is 32.9 Å². The number of hydrogen-bond acceptors (Lipinski definition) is 5. The van der Waals surface area contributed by atoms with Crippen LogP contribution in [0.1, 0.15) is 28.9 Å². The number of hydrogen-bond donors (Lipinski definition) is 2. The number of benzene rings is 1. The molecule has 3 aromatic heterocycles. The number of H-pyrrole nitrogens is 2. The molecule has 5 rings (SSSR count). The zero-order valence-corrected chi connectivity index (χ0v) is 19.5. The van der Waals surface area contributed by atoms with Gasteiger partial charge in [0.25, 0.3) is 17.3 Å². The summed E-state index contributed by atoms with van der Waals surface area (Å²) in [4.78, 5) is 38.1. The highest BCUT2D eigenvalue weighted by Crippen LogP contribution is 2.43. The Labute approximate surface area is 198 Å². The van der Waals surface area contributed by atoms with Crippen molar-refractivity contribution in [3.63, 3.8) is 0 Å². The summed E-state index contributed by atoms with van der Waals surface area (Å²) in [5, 5.41) is 0.350. The van der Waals surface area contributed by atoms with Crippen molar-refractivity contribution in [2.45, 2.75) is 25.9 Å². The van der Waals surface area contributed by atoms with Gasteiger partial charge in [-0.3, -0.25) is 9.59 Å². The Morgan fingerprint density at radius 2 is 1.94 bits per heavy atom. The van der Waals surface area contributed by atoms with Gasteiger partial charge >= 0.3 is 0 Å². The number of aromatic amines is 2. The molecule has 0 radical (unpaired) electrons. The molecule has 10 heteroatoms. The Balaban J connectivity index is 1.81. The third kappa shape index (κ3) is 3.69. The Bertz CT molecular complexity index is 1520. The lowest BCUT2D eigenvalue weighted by atomic mass is 9.97. The van der Waals surface area contributed by atoms with E-state index in [0.29, 0.717) is 10.9 Å². The number of methoxy groups -OCH3 is 2. The molecule has 1 fully saturated rings. The van der Waals surface area contributed by atoms with E-state index in [0.717, 1.165) is 5.69 Å². The number of piperidine rings is 1. The maximum Gasteiger partial charge on any atom is 0.258 e. The van der Waals surface area contributed by atoms with Crippen molar-refractivity contribution in [1.29, 1.82) is 0 Å². The van der Waals surface area contributed by atoms with Gasteiger partial charge in [0.05, 0.1) is 30.7 Å². The number of amides is 1. The molecule has 2 N–H and O–H groups in total. The first-order valence-corrected chi connectivity index (χ1v) is 11.2. The molecule has 0 unspecified atom stereocenters. The monoisotopic (exact) mass is 482 g/mol. The van der Waals surface area contributed by atoms with Crippen LogP contribution in [0.3, 0.4) is 0 Å². The molecular formula is C25H24F2N4O4. The third-order valence-corrected chi connectivity index (χ3v) is 6.43. The lowest BCUT2D eigenvalue weighted by Gasteiger charge is -2.29. The summed E-state index contributed by atoms with van der Waals surface area (Å²) >= 11 is 0. The van der Waals surface area contributed by atoms with Crippen LogP contribution in [-0.4, -0.2) is 59.2 Å². The highest BCUT2D eigenvalue weighted by Gasteiger charge is 2.29. The number of carbonyl (C=O) groups is 1. The number of fused-ring (bicyclic) bond motifs is 2. The van der Waals surface area contributed by atoms with E-state index in [-0.39, 0.29) is 65.2 Å². The minimum absolute atomic E-state index is 0.000569. The summed E-state index contributed by atoms with van der Waals surface area (Å²) in [6, 6.07) is 4.93. The fourth-order valence-electron chi connectivity index (χ4n) is 4.71. The van der Waals surface area contributed by atoms with Gasteiger partial charge in [-0.25, -0.2) is 13.8 Å². The summed E-state index contributed by atoms with van der Waals surface area (Å²) in [5.74, 6) is -0.887. The predicted octanol–water partition coefficient (Wildman–Crippen LogP) is 4.11. The van der Waals surface area contributed by atoms with Gasteiger partial charge in [-0.2, -0.15) is 0 Å². The number of aryl methyl sites for hydroxylation is 1. The van der Waals surface area contributed by atoms with Gasteiger partial charge < -0.3 is 24.3 Å². The number of carbonyl (C=O) groups excluding carboxylic acids is 1. The average molecular weight is 482 g/mol. The van der Waals surface area contributed by atoms with Crippen LogP contribution in [0.4, 0.5) is 8.78 Å². The Morgan fingerprint density at radius 1 is 1.20 bits per heavy atom. The number of nitrogens with zero attached hydrogens (tertiary/aromatic N) is 2. The van der Waals surface area contributed by atoms with E-state index in [9.17, 15) is 14.0 Å². The van der Waals surface area contributed by atoms with Gasteiger partial charge in [0.2, 0.25) is 0 Å². The van der Waals surface area contributed by atoms with Crippen LogP contribution in [0.15, 0.2) is 29.2 Å². The van der Waals surface area contributed by atoms with E-state index in [4.69, 9.17) is 9.47 Å². The summed E-state index contributed by atoms with van der Waals surface area (Å²) in [5.41, 5.74) is 1.22. The van der Waals surface area contributed by atoms with Crippen LogP contribution in [0.5, 0.6) is 11.6 Å². The zero-order chi connectivity index (χ0) is 24.9. The number of rotatable bonds is 4. The molecule has 1 aliphatic rings. The van der Waals surface area contributed by atoms with Crippen molar-refractivity contribution in [3.8, 4) is 22.8 Å². The SMILES string of the molecule is COc1nc2c(C(=O)N3CCC(F)CC3)c[nH]c(=O)c2c(-c2ccc3[nH]c(C)cc3c2F)c1OC. The first-order valence-electron chi connectivity index (χ1n) is 11.2. The first-order chi connectivity index (χ1) is 16.8. The standard InChI is InChI=1S/C25H24F2N4O4/c1-12-10-15-17(29-12)5-4-14(20(15)27)18-19-21(30-24(35-3)22(18)34-2)16(11-28-23(19)32)25(33)31-8-6-13(26)7-9-31/h4-5,10-11,13,29H,6-9H2,1-3H3,(H,28,32). The van der Waals surface area contributed by atoms with Gasteiger partial charge in [0, 0.05) is 47.0 Å². The molecule has 0 aliphatic carbocycles. The number of alkyl halides is 1. The van der Waals surface area contributed by atoms with Crippen LogP contribution in [-0.2, 0) is 0 Å². The molecule has 8 nitrogen and oxygen atoms in total. The van der Waals surface area contributed by atoms with Crippen molar-refractivity contribution in [2.24, 2.45) is 0 Å². The van der Waals surface area contributed by atoms with Crippen molar-refractivity contribution in [2.75, 3.05) is 27.3 Å². The molecule has 182 valence electrons. The second-order valence-electron chi connectivity index (χ2n) is 8.59. The Kier molecular flexibility index (Phi) is 5.66. The number of aromatic nitrogens is 3. The number of ether oxygens (including phenoxy) is 2. The van der Waals surface area contributed by atoms with Crippen LogP contribution >= 0.6 is 0 Å². The summed E-state index contributed by atoms with van der Waals surface area (Å²) in [7, 11) is 2.74. The van der Waals surface area contributed by atoms with E-state index in [1.54, 1.807) is 18.2 Å². The van der Waals surface area contributed by atoms with Gasteiger partial charge in [-0.1, -0.05) is 0 Å². The Hall–Kier alpha value is -3.95. The smallest absolute Gasteiger partial charge is 0.258 e. The highest BCUT2D eigenvalue weighted by atomic mass is 19.1. The lowest BCUT2D eigenvalue weighted by Crippen LogP contribution is -2.39. The van der Waals surface area contributed by atoms with E-state index < -0.39 is 23.5 Å². The van der Waals surface area contributed by atoms with Gasteiger partial charge in [-0.15, -0.1) is 0 Å². The second kappa shape index (κ2) is 8.68. The first kappa shape index (κ1) is 22.8. The van der Waals surface area contributed by atoms with Crippen molar-refractivity contribution in [3.05, 3.63) is 51.8 Å². The fraction of sp³-hybridized carbons (Fsp3) is 0.320. The van der Waals surface area contributed by atoms with Gasteiger partial charge in [0.15, 0.2) is 5.75 Å².